The summed E-state index contributed by atoms with van der Waals surface area (Å²) < 4.78 is 11.8. The molecule has 0 unspecified atom stereocenters. The van der Waals surface area contributed by atoms with Crippen LogP contribution in [0.5, 0.6) is 0 Å². The second kappa shape index (κ2) is 5.12. The summed E-state index contributed by atoms with van der Waals surface area (Å²) in [5, 5.41) is 2.03. The van der Waals surface area contributed by atoms with Gasteiger partial charge in [0.1, 0.15) is 0 Å². The van der Waals surface area contributed by atoms with Gasteiger partial charge in [-0.2, -0.15) is 0 Å². The lowest BCUT2D eigenvalue weighted by atomic mass is 9.90. The number of hydrogen-bond acceptors (Lipinski definition) is 3. The summed E-state index contributed by atoms with van der Waals surface area (Å²) in [6.07, 6.45) is 0. The lowest BCUT2D eigenvalue weighted by molar-refractivity contribution is 0.00578. The fourth-order valence-corrected chi connectivity index (χ4v) is 2.33. The van der Waals surface area contributed by atoms with Crippen molar-refractivity contribution in [1.29, 1.82) is 0 Å². The van der Waals surface area contributed by atoms with Crippen molar-refractivity contribution in [2.75, 3.05) is 0 Å². The second-order valence-corrected chi connectivity index (χ2v) is 6.36. The molecule has 0 aromatic heterocycles. The molecule has 1 aliphatic heterocycles. The van der Waals surface area contributed by atoms with E-state index < -0.39 is 0 Å². The van der Waals surface area contributed by atoms with Crippen molar-refractivity contribution < 1.29 is 9.31 Å². The highest BCUT2D eigenvalue weighted by atomic mass is 32.2. The molecule has 1 aromatic rings. The van der Waals surface area contributed by atoms with Crippen LogP contribution in [0.2, 0.25) is 0 Å². The van der Waals surface area contributed by atoms with Gasteiger partial charge in [0.05, 0.1) is 11.2 Å². The molecule has 1 heterocycles. The smallest absolute Gasteiger partial charge is 0.400 e. The second-order valence-electron chi connectivity index (χ2n) is 5.38. The molecule has 2 rings (SSSR count). The van der Waals surface area contributed by atoms with E-state index in [4.69, 9.17) is 9.31 Å². The first-order valence-electron chi connectivity index (χ1n) is 6.15. The number of hydrogen-bond donors (Lipinski definition) is 0. The lowest BCUT2D eigenvalue weighted by Gasteiger charge is -2.32. The molecule has 0 bridgehead atoms. The fraction of sp³-hybridized carbons (Fsp3) is 0.429. The Morgan fingerprint density at radius 2 is 1.56 bits per heavy atom. The molecule has 1 fully saturated rings. The van der Waals surface area contributed by atoms with E-state index in [0.29, 0.717) is 0 Å². The molecule has 0 aliphatic carbocycles. The summed E-state index contributed by atoms with van der Waals surface area (Å²) in [6.45, 7) is 8.24. The van der Waals surface area contributed by atoms with E-state index in [0.717, 1.165) is 0 Å². The Balaban J connectivity index is 1.92. The molecule has 96 valence electrons. The Labute approximate surface area is 114 Å². The summed E-state index contributed by atoms with van der Waals surface area (Å²) in [7, 11) is -0.258. The molecule has 18 heavy (non-hydrogen) atoms. The van der Waals surface area contributed by atoms with Crippen molar-refractivity contribution in [2.24, 2.45) is 0 Å². The first-order valence-corrected chi connectivity index (χ1v) is 7.03. The minimum Gasteiger partial charge on any atom is -0.400 e. The maximum Gasteiger partial charge on any atom is 0.487 e. The predicted molar refractivity (Wildman–Crippen MR) is 77.5 cm³/mol. The van der Waals surface area contributed by atoms with E-state index >= 15 is 0 Å². The molecule has 0 N–H and O–H groups in total. The maximum atomic E-state index is 5.88. The van der Waals surface area contributed by atoms with Crippen LogP contribution in [0.4, 0.5) is 0 Å². The molecule has 0 spiro atoms. The van der Waals surface area contributed by atoms with Gasteiger partial charge in [-0.05, 0) is 51.2 Å². The predicted octanol–water partition coefficient (Wildman–Crippen LogP) is 3.92. The van der Waals surface area contributed by atoms with E-state index in [1.807, 2.05) is 29.6 Å². The van der Waals surface area contributed by atoms with Crippen molar-refractivity contribution in [3.63, 3.8) is 0 Å². The topological polar surface area (TPSA) is 18.5 Å². The zero-order valence-corrected chi connectivity index (χ0v) is 12.2. The van der Waals surface area contributed by atoms with Crippen LogP contribution in [-0.4, -0.2) is 18.3 Å². The normalized spacial score (nSPS) is 21.7. The summed E-state index contributed by atoms with van der Waals surface area (Å²) in [4.78, 5) is 1.21. The molecule has 1 aromatic carbocycles. The molecule has 2 nitrogen and oxygen atoms in total. The van der Waals surface area contributed by atoms with Gasteiger partial charge in [0.15, 0.2) is 0 Å². The van der Waals surface area contributed by atoms with Gasteiger partial charge in [-0.25, -0.2) is 0 Å². The minimum atomic E-state index is -0.264. The molecule has 0 amide bonds. The summed E-state index contributed by atoms with van der Waals surface area (Å²) >= 11 is 1.67. The Morgan fingerprint density at radius 1 is 1.00 bits per heavy atom. The van der Waals surface area contributed by atoms with Crippen LogP contribution in [0.25, 0.3) is 0 Å². The highest BCUT2D eigenvalue weighted by molar-refractivity contribution is 8.02. The number of thioether (sulfide) groups is 1. The third-order valence-electron chi connectivity index (χ3n) is 3.45. The minimum absolute atomic E-state index is 0.258. The van der Waals surface area contributed by atoms with E-state index in [2.05, 4.69) is 39.8 Å². The van der Waals surface area contributed by atoms with Gasteiger partial charge < -0.3 is 9.31 Å². The van der Waals surface area contributed by atoms with Crippen molar-refractivity contribution in [2.45, 2.75) is 43.8 Å². The molecular weight excluding hydrogens is 243 g/mol. The van der Waals surface area contributed by atoms with Gasteiger partial charge in [-0.3, -0.25) is 0 Å². The molecule has 0 atom stereocenters. The average Bonchev–Trinajstić information content (AvgIpc) is 2.49. The molecule has 1 saturated heterocycles. The highest BCUT2D eigenvalue weighted by Gasteiger charge is 2.49. The average molecular weight is 262 g/mol. The van der Waals surface area contributed by atoms with Crippen LogP contribution in [0.15, 0.2) is 46.6 Å². The molecule has 0 saturated carbocycles. The molecule has 1 aliphatic rings. The SMILES string of the molecule is CC1(C)OB(/C=C/Sc2ccccc2)OC1(C)C. The lowest BCUT2D eigenvalue weighted by Crippen LogP contribution is -2.41. The zero-order chi connectivity index (χ0) is 13.2. The van der Waals surface area contributed by atoms with Crippen LogP contribution in [0, 0.1) is 0 Å². The van der Waals surface area contributed by atoms with Crippen LogP contribution in [0.1, 0.15) is 27.7 Å². The molecular formula is C14H19BO2S. The summed E-state index contributed by atoms with van der Waals surface area (Å²) in [6, 6.07) is 10.2. The summed E-state index contributed by atoms with van der Waals surface area (Å²) in [5.74, 6) is 1.97. The fourth-order valence-electron chi connectivity index (χ4n) is 1.65. The Kier molecular flexibility index (Phi) is 3.90. The van der Waals surface area contributed by atoms with Gasteiger partial charge in [0.25, 0.3) is 0 Å². The molecule has 4 heteroatoms. The van der Waals surface area contributed by atoms with Crippen molar-refractivity contribution >= 4 is 18.9 Å². The van der Waals surface area contributed by atoms with Crippen LogP contribution in [-0.2, 0) is 9.31 Å². The van der Waals surface area contributed by atoms with E-state index in [-0.39, 0.29) is 18.3 Å². The third-order valence-corrected chi connectivity index (χ3v) is 4.29. The zero-order valence-electron chi connectivity index (χ0n) is 11.3. The van der Waals surface area contributed by atoms with Crippen LogP contribution < -0.4 is 0 Å². The van der Waals surface area contributed by atoms with Crippen LogP contribution in [0.3, 0.4) is 0 Å². The van der Waals surface area contributed by atoms with Gasteiger partial charge in [0.2, 0.25) is 0 Å². The third kappa shape index (κ3) is 3.00. The monoisotopic (exact) mass is 262 g/mol. The Morgan fingerprint density at radius 3 is 2.11 bits per heavy atom. The largest absolute Gasteiger partial charge is 0.487 e. The van der Waals surface area contributed by atoms with E-state index in [9.17, 15) is 0 Å². The van der Waals surface area contributed by atoms with Crippen molar-refractivity contribution in [3.8, 4) is 0 Å². The number of benzene rings is 1. The Hall–Kier alpha value is -0.705. The first kappa shape index (κ1) is 13.7. The van der Waals surface area contributed by atoms with Crippen molar-refractivity contribution in [1.82, 2.24) is 0 Å². The number of rotatable bonds is 3. The molecule has 0 radical (unpaired) electrons. The van der Waals surface area contributed by atoms with Gasteiger partial charge in [-0.1, -0.05) is 30.0 Å². The van der Waals surface area contributed by atoms with Gasteiger partial charge >= 0.3 is 7.12 Å². The Bertz CT molecular complexity index is 413. The standard InChI is InChI=1S/C14H19BO2S/c1-13(2)14(3,4)17-15(16-13)10-11-18-12-8-6-5-7-9-12/h5-11H,1-4H3/b11-10+. The van der Waals surface area contributed by atoms with Crippen LogP contribution >= 0.6 is 11.8 Å². The van der Waals surface area contributed by atoms with E-state index in [1.54, 1.807) is 11.8 Å². The van der Waals surface area contributed by atoms with Crippen molar-refractivity contribution in [3.05, 3.63) is 41.7 Å². The highest BCUT2D eigenvalue weighted by Crippen LogP contribution is 2.37. The maximum absolute atomic E-state index is 5.88. The summed E-state index contributed by atoms with van der Waals surface area (Å²) in [5.41, 5.74) is -0.529. The van der Waals surface area contributed by atoms with Gasteiger partial charge in [0, 0.05) is 4.90 Å². The quantitative estimate of drug-likeness (QED) is 0.607. The van der Waals surface area contributed by atoms with Gasteiger partial charge in [-0.15, -0.1) is 0 Å². The van der Waals surface area contributed by atoms with E-state index in [1.165, 1.54) is 4.90 Å². The first-order chi connectivity index (χ1) is 8.41.